The van der Waals surface area contributed by atoms with Crippen LogP contribution in [0.1, 0.15) is 23.5 Å². The Balaban J connectivity index is 2.54. The smallest absolute Gasteiger partial charge is 0.312 e. The SMILES string of the molecule is NCC(C(=O)O)c1cc(C(F)F)cc2c1OCO2. The summed E-state index contributed by atoms with van der Waals surface area (Å²) in [5.74, 6) is -1.99. The fourth-order valence-corrected chi connectivity index (χ4v) is 1.81. The number of carboxylic acids is 1. The van der Waals surface area contributed by atoms with Crippen molar-refractivity contribution in [3.05, 3.63) is 23.3 Å². The normalized spacial score (nSPS) is 14.9. The van der Waals surface area contributed by atoms with Gasteiger partial charge in [-0.3, -0.25) is 4.79 Å². The van der Waals surface area contributed by atoms with Crippen LogP contribution in [0.4, 0.5) is 8.78 Å². The molecule has 1 unspecified atom stereocenters. The van der Waals surface area contributed by atoms with Crippen LogP contribution in [0, 0.1) is 0 Å². The molecule has 1 aromatic rings. The highest BCUT2D eigenvalue weighted by atomic mass is 19.3. The largest absolute Gasteiger partial charge is 0.481 e. The number of hydrogen-bond donors (Lipinski definition) is 2. The van der Waals surface area contributed by atoms with Gasteiger partial charge in [0.25, 0.3) is 6.43 Å². The summed E-state index contributed by atoms with van der Waals surface area (Å²) in [5, 5.41) is 9.02. The Kier molecular flexibility index (Phi) is 3.33. The first-order valence-corrected chi connectivity index (χ1v) is 5.19. The fourth-order valence-electron chi connectivity index (χ4n) is 1.81. The van der Waals surface area contributed by atoms with E-state index in [1.807, 2.05) is 0 Å². The lowest BCUT2D eigenvalue weighted by Gasteiger charge is -2.14. The van der Waals surface area contributed by atoms with E-state index >= 15 is 0 Å². The molecule has 2 rings (SSSR count). The second-order valence-electron chi connectivity index (χ2n) is 3.77. The molecule has 1 aliphatic heterocycles. The Labute approximate surface area is 101 Å². The summed E-state index contributed by atoms with van der Waals surface area (Å²) in [6.07, 6.45) is -2.72. The number of hydrogen-bond acceptors (Lipinski definition) is 4. The molecule has 0 saturated carbocycles. The average Bonchev–Trinajstić information content (AvgIpc) is 2.77. The maximum absolute atomic E-state index is 12.7. The van der Waals surface area contributed by atoms with Crippen LogP contribution in [0.3, 0.4) is 0 Å². The average molecular weight is 259 g/mol. The Bertz CT molecular complexity index is 478. The third-order valence-corrected chi connectivity index (χ3v) is 2.68. The highest BCUT2D eigenvalue weighted by molar-refractivity contribution is 5.78. The van der Waals surface area contributed by atoms with Crippen LogP contribution < -0.4 is 15.2 Å². The molecule has 3 N–H and O–H groups in total. The van der Waals surface area contributed by atoms with Crippen molar-refractivity contribution in [3.63, 3.8) is 0 Å². The minimum atomic E-state index is -2.72. The maximum atomic E-state index is 12.7. The summed E-state index contributed by atoms with van der Waals surface area (Å²) in [6.45, 7) is -0.330. The predicted molar refractivity (Wildman–Crippen MR) is 57.0 cm³/mol. The number of carboxylic acid groups (broad SMARTS) is 1. The molecule has 0 radical (unpaired) electrons. The van der Waals surface area contributed by atoms with Crippen molar-refractivity contribution in [2.24, 2.45) is 5.73 Å². The van der Waals surface area contributed by atoms with E-state index in [0.717, 1.165) is 12.1 Å². The summed E-state index contributed by atoms with van der Waals surface area (Å²) >= 11 is 0. The van der Waals surface area contributed by atoms with Gasteiger partial charge in [0.15, 0.2) is 11.5 Å². The molecule has 0 spiro atoms. The monoisotopic (exact) mass is 259 g/mol. The van der Waals surface area contributed by atoms with E-state index in [4.69, 9.17) is 20.3 Å². The number of carbonyl (C=O) groups is 1. The molecule has 0 fully saturated rings. The van der Waals surface area contributed by atoms with Gasteiger partial charge in [-0.15, -0.1) is 0 Å². The predicted octanol–water partition coefficient (Wildman–Crippen LogP) is 1.48. The zero-order chi connectivity index (χ0) is 13.3. The summed E-state index contributed by atoms with van der Waals surface area (Å²) in [6, 6.07) is 2.25. The Hall–Kier alpha value is -1.89. The summed E-state index contributed by atoms with van der Waals surface area (Å²) < 4.78 is 35.5. The van der Waals surface area contributed by atoms with E-state index in [9.17, 15) is 13.6 Å². The van der Waals surface area contributed by atoms with E-state index in [1.165, 1.54) is 0 Å². The van der Waals surface area contributed by atoms with Gasteiger partial charge < -0.3 is 20.3 Å². The van der Waals surface area contributed by atoms with Crippen LogP contribution in [0.15, 0.2) is 12.1 Å². The van der Waals surface area contributed by atoms with Gasteiger partial charge in [-0.05, 0) is 12.1 Å². The second kappa shape index (κ2) is 4.77. The first-order chi connectivity index (χ1) is 8.54. The molecular weight excluding hydrogens is 248 g/mol. The number of halogens is 2. The number of aliphatic carboxylic acids is 1. The molecule has 18 heavy (non-hydrogen) atoms. The molecule has 5 nitrogen and oxygen atoms in total. The molecule has 98 valence electrons. The van der Waals surface area contributed by atoms with Crippen molar-refractivity contribution >= 4 is 5.97 Å². The highest BCUT2D eigenvalue weighted by Crippen LogP contribution is 2.42. The summed E-state index contributed by atoms with van der Waals surface area (Å²) in [4.78, 5) is 11.0. The van der Waals surface area contributed by atoms with E-state index in [0.29, 0.717) is 0 Å². The molecule has 0 bridgehead atoms. The standard InChI is InChI=1S/C11H11F2NO4/c12-10(13)5-1-6(7(3-14)11(15)16)9-8(2-5)17-4-18-9/h1-2,7,10H,3-4,14H2,(H,15,16). The molecule has 1 heterocycles. The van der Waals surface area contributed by atoms with Crippen molar-refractivity contribution in [2.45, 2.75) is 12.3 Å². The quantitative estimate of drug-likeness (QED) is 0.855. The van der Waals surface area contributed by atoms with Gasteiger partial charge in [-0.25, -0.2) is 8.78 Å². The van der Waals surface area contributed by atoms with E-state index in [2.05, 4.69) is 0 Å². The van der Waals surface area contributed by atoms with Crippen LogP contribution in [-0.4, -0.2) is 24.4 Å². The molecule has 1 aliphatic rings. The van der Waals surface area contributed by atoms with Gasteiger partial charge in [-0.2, -0.15) is 0 Å². The third kappa shape index (κ3) is 2.08. The van der Waals surface area contributed by atoms with Gasteiger partial charge >= 0.3 is 5.97 Å². The van der Waals surface area contributed by atoms with Gasteiger partial charge in [0.1, 0.15) is 0 Å². The first kappa shape index (κ1) is 12.6. The van der Waals surface area contributed by atoms with Gasteiger partial charge in [-0.1, -0.05) is 0 Å². The lowest BCUT2D eigenvalue weighted by atomic mass is 9.96. The minimum Gasteiger partial charge on any atom is -0.481 e. The minimum absolute atomic E-state index is 0.119. The van der Waals surface area contributed by atoms with Crippen molar-refractivity contribution < 1.29 is 28.2 Å². The molecule has 1 aromatic carbocycles. The molecule has 0 aliphatic carbocycles. The molecule has 0 saturated heterocycles. The van der Waals surface area contributed by atoms with Crippen molar-refractivity contribution in [3.8, 4) is 11.5 Å². The third-order valence-electron chi connectivity index (χ3n) is 2.68. The van der Waals surface area contributed by atoms with E-state index < -0.39 is 18.3 Å². The van der Waals surface area contributed by atoms with Gasteiger partial charge in [0.05, 0.1) is 5.92 Å². The zero-order valence-corrected chi connectivity index (χ0v) is 9.23. The van der Waals surface area contributed by atoms with Crippen LogP contribution in [0.2, 0.25) is 0 Å². The van der Waals surface area contributed by atoms with Gasteiger partial charge in [0, 0.05) is 17.7 Å². The number of ether oxygens (including phenoxy) is 2. The fraction of sp³-hybridized carbons (Fsp3) is 0.364. The Morgan fingerprint density at radius 2 is 2.17 bits per heavy atom. The van der Waals surface area contributed by atoms with Gasteiger partial charge in [0.2, 0.25) is 6.79 Å². The van der Waals surface area contributed by atoms with Crippen LogP contribution in [0.5, 0.6) is 11.5 Å². The molecule has 0 aromatic heterocycles. The maximum Gasteiger partial charge on any atom is 0.312 e. The van der Waals surface area contributed by atoms with Crippen LogP contribution in [0.25, 0.3) is 0 Å². The van der Waals surface area contributed by atoms with Crippen molar-refractivity contribution in [2.75, 3.05) is 13.3 Å². The second-order valence-corrected chi connectivity index (χ2v) is 3.77. The van der Waals surface area contributed by atoms with Crippen molar-refractivity contribution in [1.29, 1.82) is 0 Å². The van der Waals surface area contributed by atoms with Crippen LogP contribution in [-0.2, 0) is 4.79 Å². The summed E-state index contributed by atoms with van der Waals surface area (Å²) in [7, 11) is 0. The van der Waals surface area contributed by atoms with Crippen molar-refractivity contribution in [1.82, 2.24) is 0 Å². The number of nitrogens with two attached hydrogens (primary N) is 1. The molecule has 0 amide bonds. The van der Waals surface area contributed by atoms with E-state index in [1.54, 1.807) is 0 Å². The lowest BCUT2D eigenvalue weighted by Crippen LogP contribution is -2.21. The Morgan fingerprint density at radius 1 is 1.44 bits per heavy atom. The Morgan fingerprint density at radius 3 is 2.72 bits per heavy atom. The number of alkyl halides is 2. The molecule has 7 heteroatoms. The topological polar surface area (TPSA) is 81.8 Å². The number of rotatable bonds is 4. The zero-order valence-electron chi connectivity index (χ0n) is 9.23. The number of benzene rings is 1. The van der Waals surface area contributed by atoms with Crippen LogP contribution >= 0.6 is 0 Å². The van der Waals surface area contributed by atoms with E-state index in [-0.39, 0.29) is 36.0 Å². The first-order valence-electron chi connectivity index (χ1n) is 5.19. The highest BCUT2D eigenvalue weighted by Gasteiger charge is 2.29. The molecular formula is C11H11F2NO4. The molecule has 1 atom stereocenters. The number of fused-ring (bicyclic) bond motifs is 1. The lowest BCUT2D eigenvalue weighted by molar-refractivity contribution is -0.138. The summed E-state index contributed by atoms with van der Waals surface area (Å²) in [5.41, 5.74) is 5.17.